The van der Waals surface area contributed by atoms with Gasteiger partial charge in [0.1, 0.15) is 0 Å². The summed E-state index contributed by atoms with van der Waals surface area (Å²) in [5, 5.41) is 0. The van der Waals surface area contributed by atoms with Crippen LogP contribution >= 0.6 is 0 Å². The molecule has 0 spiro atoms. The molecule has 1 aliphatic heterocycles. The summed E-state index contributed by atoms with van der Waals surface area (Å²) >= 11 is 0. The fraction of sp³-hybridized carbons (Fsp3) is 0.913. The molecule has 1 aliphatic rings. The van der Waals surface area contributed by atoms with Gasteiger partial charge in [0.15, 0.2) is 0 Å². The first-order valence-corrected chi connectivity index (χ1v) is 11.7. The molecule has 0 saturated carbocycles. The molecule has 4 nitrogen and oxygen atoms in total. The zero-order chi connectivity index (χ0) is 19.7. The number of carbonyl (C=O) groups excluding carboxylic acids is 2. The van der Waals surface area contributed by atoms with Gasteiger partial charge in [0.25, 0.3) is 0 Å². The van der Waals surface area contributed by atoms with Crippen molar-refractivity contribution < 1.29 is 9.59 Å². The van der Waals surface area contributed by atoms with Crippen molar-refractivity contribution in [2.24, 2.45) is 0 Å². The Morgan fingerprint density at radius 2 is 0.889 bits per heavy atom. The summed E-state index contributed by atoms with van der Waals surface area (Å²) in [5.41, 5.74) is 0. The third kappa shape index (κ3) is 11.4. The second-order valence-electron chi connectivity index (χ2n) is 8.20. The molecule has 0 atom stereocenters. The molecule has 27 heavy (non-hydrogen) atoms. The highest BCUT2D eigenvalue weighted by atomic mass is 16.2. The van der Waals surface area contributed by atoms with E-state index in [0.717, 1.165) is 38.8 Å². The smallest absolute Gasteiger partial charge is 0.224 e. The summed E-state index contributed by atoms with van der Waals surface area (Å²) in [4.78, 5) is 28.4. The highest BCUT2D eigenvalue weighted by Crippen LogP contribution is 2.14. The van der Waals surface area contributed by atoms with Gasteiger partial charge in [-0.1, -0.05) is 90.9 Å². The minimum absolute atomic E-state index is 0.231. The molecule has 0 aliphatic carbocycles. The number of amides is 2. The van der Waals surface area contributed by atoms with Crippen LogP contribution in [0.4, 0.5) is 0 Å². The molecule has 0 unspecified atom stereocenters. The number of nitrogens with zero attached hydrogens (tertiary/aromatic N) is 2. The zero-order valence-electron chi connectivity index (χ0n) is 18.1. The van der Waals surface area contributed by atoms with Crippen molar-refractivity contribution in [1.82, 2.24) is 9.80 Å². The Hall–Kier alpha value is -1.06. The molecule has 0 N–H and O–H groups in total. The standard InChI is InChI=1S/C23H44N2O2/c1-3-5-7-9-11-13-15-17-22(26)24-19-20-25(21-24)23(27)18-16-14-12-10-8-6-4-2/h3-21H2,1-2H3. The lowest BCUT2D eigenvalue weighted by Gasteiger charge is -2.18. The molecule has 1 saturated heterocycles. The Kier molecular flexibility index (Phi) is 14.2. The fourth-order valence-electron chi connectivity index (χ4n) is 3.78. The maximum absolute atomic E-state index is 12.3. The minimum Gasteiger partial charge on any atom is -0.323 e. The van der Waals surface area contributed by atoms with Crippen LogP contribution in [0.15, 0.2) is 0 Å². The number of rotatable bonds is 16. The van der Waals surface area contributed by atoms with Gasteiger partial charge < -0.3 is 9.80 Å². The van der Waals surface area contributed by atoms with E-state index in [0.29, 0.717) is 19.5 Å². The fourth-order valence-corrected chi connectivity index (χ4v) is 3.78. The minimum atomic E-state index is 0.231. The van der Waals surface area contributed by atoms with E-state index in [-0.39, 0.29) is 11.8 Å². The molecular formula is C23H44N2O2. The molecule has 1 fully saturated rings. The van der Waals surface area contributed by atoms with E-state index < -0.39 is 0 Å². The third-order valence-corrected chi connectivity index (χ3v) is 5.68. The van der Waals surface area contributed by atoms with Crippen LogP contribution in [-0.4, -0.2) is 41.4 Å². The second kappa shape index (κ2) is 15.9. The Morgan fingerprint density at radius 3 is 1.26 bits per heavy atom. The summed E-state index contributed by atoms with van der Waals surface area (Å²) in [5.74, 6) is 0.463. The molecule has 4 heteroatoms. The normalized spacial score (nSPS) is 14.1. The molecule has 158 valence electrons. The molecule has 0 aromatic heterocycles. The van der Waals surface area contributed by atoms with Gasteiger partial charge in [-0.2, -0.15) is 0 Å². The summed E-state index contributed by atoms with van der Waals surface area (Å²) in [6.45, 7) is 6.43. The molecule has 2 amide bonds. The van der Waals surface area contributed by atoms with E-state index in [1.807, 2.05) is 9.80 Å². The van der Waals surface area contributed by atoms with E-state index in [1.165, 1.54) is 64.2 Å². The van der Waals surface area contributed by atoms with E-state index in [4.69, 9.17) is 0 Å². The Labute approximate surface area is 168 Å². The first kappa shape index (κ1) is 24.0. The molecule has 0 aromatic carbocycles. The van der Waals surface area contributed by atoms with Crippen molar-refractivity contribution in [3.05, 3.63) is 0 Å². The van der Waals surface area contributed by atoms with Crippen LogP contribution in [-0.2, 0) is 9.59 Å². The first-order valence-electron chi connectivity index (χ1n) is 11.7. The van der Waals surface area contributed by atoms with Gasteiger partial charge in [-0.25, -0.2) is 0 Å². The lowest BCUT2D eigenvalue weighted by Crippen LogP contribution is -2.33. The van der Waals surface area contributed by atoms with Gasteiger partial charge >= 0.3 is 0 Å². The number of unbranched alkanes of at least 4 members (excludes halogenated alkanes) is 12. The summed E-state index contributed by atoms with van der Waals surface area (Å²) in [6.07, 6.45) is 18.6. The number of hydrogen-bond donors (Lipinski definition) is 0. The molecule has 0 aromatic rings. The van der Waals surface area contributed by atoms with Crippen LogP contribution < -0.4 is 0 Å². The predicted octanol–water partition coefficient (Wildman–Crippen LogP) is 5.90. The van der Waals surface area contributed by atoms with Gasteiger partial charge in [-0.05, 0) is 12.8 Å². The molecule has 1 heterocycles. The van der Waals surface area contributed by atoms with Crippen molar-refractivity contribution in [3.63, 3.8) is 0 Å². The molecule has 0 bridgehead atoms. The van der Waals surface area contributed by atoms with Gasteiger partial charge in [-0.3, -0.25) is 9.59 Å². The third-order valence-electron chi connectivity index (χ3n) is 5.68. The van der Waals surface area contributed by atoms with Crippen LogP contribution in [0.5, 0.6) is 0 Å². The lowest BCUT2D eigenvalue weighted by atomic mass is 10.1. The molecule has 1 rings (SSSR count). The maximum atomic E-state index is 12.3. The highest BCUT2D eigenvalue weighted by Gasteiger charge is 2.26. The first-order chi connectivity index (χ1) is 13.2. The zero-order valence-corrected chi connectivity index (χ0v) is 18.1. The summed E-state index contributed by atoms with van der Waals surface area (Å²) in [6, 6.07) is 0. The van der Waals surface area contributed by atoms with E-state index in [1.54, 1.807) is 0 Å². The maximum Gasteiger partial charge on any atom is 0.224 e. The summed E-state index contributed by atoms with van der Waals surface area (Å²) in [7, 11) is 0. The Morgan fingerprint density at radius 1 is 0.556 bits per heavy atom. The van der Waals surface area contributed by atoms with Crippen LogP contribution in [0.25, 0.3) is 0 Å². The van der Waals surface area contributed by atoms with Crippen molar-refractivity contribution in [2.45, 2.75) is 117 Å². The number of carbonyl (C=O) groups is 2. The quantitative estimate of drug-likeness (QED) is 0.313. The topological polar surface area (TPSA) is 40.6 Å². The van der Waals surface area contributed by atoms with Gasteiger partial charge in [0.2, 0.25) is 11.8 Å². The van der Waals surface area contributed by atoms with Crippen molar-refractivity contribution >= 4 is 11.8 Å². The van der Waals surface area contributed by atoms with Gasteiger partial charge in [0, 0.05) is 25.9 Å². The van der Waals surface area contributed by atoms with Crippen molar-refractivity contribution in [1.29, 1.82) is 0 Å². The van der Waals surface area contributed by atoms with Crippen molar-refractivity contribution in [3.8, 4) is 0 Å². The highest BCUT2D eigenvalue weighted by molar-refractivity contribution is 5.80. The Balaban J connectivity index is 2.05. The summed E-state index contributed by atoms with van der Waals surface area (Å²) < 4.78 is 0. The predicted molar refractivity (Wildman–Crippen MR) is 114 cm³/mol. The molecule has 0 radical (unpaired) electrons. The van der Waals surface area contributed by atoms with E-state index in [2.05, 4.69) is 13.8 Å². The SMILES string of the molecule is CCCCCCCCCC(=O)N1CCN(C(=O)CCCCCCCCC)C1. The average Bonchev–Trinajstić information content (AvgIpc) is 3.16. The Bertz CT molecular complexity index is 362. The van der Waals surface area contributed by atoms with Crippen LogP contribution in [0.2, 0.25) is 0 Å². The van der Waals surface area contributed by atoms with Gasteiger partial charge in [0.05, 0.1) is 6.67 Å². The van der Waals surface area contributed by atoms with E-state index >= 15 is 0 Å². The monoisotopic (exact) mass is 380 g/mol. The van der Waals surface area contributed by atoms with Crippen molar-refractivity contribution in [2.75, 3.05) is 19.8 Å². The van der Waals surface area contributed by atoms with Crippen LogP contribution in [0.1, 0.15) is 117 Å². The van der Waals surface area contributed by atoms with Gasteiger partial charge in [-0.15, -0.1) is 0 Å². The molecular weight excluding hydrogens is 336 g/mol. The number of hydrogen-bond acceptors (Lipinski definition) is 2. The second-order valence-corrected chi connectivity index (χ2v) is 8.20. The van der Waals surface area contributed by atoms with Crippen LogP contribution in [0.3, 0.4) is 0 Å². The van der Waals surface area contributed by atoms with Crippen LogP contribution in [0, 0.1) is 0 Å². The largest absolute Gasteiger partial charge is 0.323 e. The van der Waals surface area contributed by atoms with E-state index in [9.17, 15) is 9.59 Å². The lowest BCUT2D eigenvalue weighted by molar-refractivity contribution is -0.134. The average molecular weight is 381 g/mol.